The molecule has 96 valence electrons. The van der Waals surface area contributed by atoms with Crippen molar-refractivity contribution < 1.29 is 9.53 Å². The van der Waals surface area contributed by atoms with Gasteiger partial charge in [0.05, 0.1) is 8.99 Å². The van der Waals surface area contributed by atoms with Crippen LogP contribution >= 0.6 is 22.6 Å². The van der Waals surface area contributed by atoms with E-state index in [1.165, 1.54) is 19.3 Å². The van der Waals surface area contributed by atoms with Crippen molar-refractivity contribution in [2.45, 2.75) is 44.6 Å². The Balaban J connectivity index is 1.77. The molecule has 2 fully saturated rings. The van der Waals surface area contributed by atoms with Crippen LogP contribution in [-0.2, 0) is 4.79 Å². The summed E-state index contributed by atoms with van der Waals surface area (Å²) in [7, 11) is 0. The van der Waals surface area contributed by atoms with Crippen molar-refractivity contribution in [3.05, 3.63) is 27.8 Å². The number of ketones is 1. The van der Waals surface area contributed by atoms with Gasteiger partial charge in [-0.05, 0) is 47.6 Å². The molecule has 2 saturated carbocycles. The fourth-order valence-corrected chi connectivity index (χ4v) is 3.76. The van der Waals surface area contributed by atoms with Crippen molar-refractivity contribution in [3.8, 4) is 5.75 Å². The molecule has 3 heteroatoms. The summed E-state index contributed by atoms with van der Waals surface area (Å²) < 4.78 is 7.24. The van der Waals surface area contributed by atoms with Crippen molar-refractivity contribution in [2.24, 2.45) is 5.41 Å². The number of benzene rings is 1. The van der Waals surface area contributed by atoms with Crippen molar-refractivity contribution in [2.75, 3.05) is 0 Å². The molecule has 1 spiro atoms. The molecular formula is C15H17IO2. The van der Waals surface area contributed by atoms with Gasteiger partial charge in [0.15, 0.2) is 0 Å². The van der Waals surface area contributed by atoms with Gasteiger partial charge in [0.2, 0.25) is 0 Å². The number of ether oxygens (including phenoxy) is 1. The first kappa shape index (κ1) is 12.5. The lowest BCUT2D eigenvalue weighted by atomic mass is 9.57. The second kappa shape index (κ2) is 4.83. The summed E-state index contributed by atoms with van der Waals surface area (Å²) in [5, 5.41) is 0. The van der Waals surface area contributed by atoms with Crippen LogP contribution in [0.3, 0.4) is 0 Å². The number of halogens is 1. The van der Waals surface area contributed by atoms with Gasteiger partial charge in [-0.25, -0.2) is 0 Å². The largest absolute Gasteiger partial charge is 0.488 e. The lowest BCUT2D eigenvalue weighted by Gasteiger charge is -2.49. The number of rotatable bonds is 2. The Bertz CT molecular complexity index is 463. The second-order valence-corrected chi connectivity index (χ2v) is 6.54. The summed E-state index contributed by atoms with van der Waals surface area (Å²) in [6, 6.07) is 8.05. The van der Waals surface area contributed by atoms with Gasteiger partial charge in [-0.1, -0.05) is 31.4 Å². The van der Waals surface area contributed by atoms with E-state index in [4.69, 9.17) is 4.74 Å². The quantitative estimate of drug-likeness (QED) is 0.750. The molecule has 0 aromatic heterocycles. The minimum absolute atomic E-state index is 0.112. The zero-order chi connectivity index (χ0) is 12.6. The molecule has 2 nitrogen and oxygen atoms in total. The third-order valence-electron chi connectivity index (χ3n) is 4.39. The van der Waals surface area contributed by atoms with E-state index in [-0.39, 0.29) is 11.5 Å². The average molecular weight is 356 g/mol. The van der Waals surface area contributed by atoms with Crippen LogP contribution in [0.2, 0.25) is 0 Å². The molecule has 1 atom stereocenters. The smallest absolute Gasteiger partial charge is 0.146 e. The second-order valence-electron chi connectivity index (χ2n) is 5.38. The van der Waals surface area contributed by atoms with Gasteiger partial charge in [0.25, 0.3) is 0 Å². The van der Waals surface area contributed by atoms with Gasteiger partial charge < -0.3 is 4.74 Å². The first-order valence-electron chi connectivity index (χ1n) is 6.67. The number of para-hydroxylation sites is 1. The summed E-state index contributed by atoms with van der Waals surface area (Å²) in [5.74, 6) is 1.36. The molecule has 0 radical (unpaired) electrons. The van der Waals surface area contributed by atoms with E-state index < -0.39 is 0 Å². The Morgan fingerprint density at radius 2 is 1.89 bits per heavy atom. The molecule has 0 saturated heterocycles. The minimum Gasteiger partial charge on any atom is -0.488 e. The molecule has 2 aliphatic carbocycles. The average Bonchev–Trinajstić information content (AvgIpc) is 2.41. The van der Waals surface area contributed by atoms with Crippen LogP contribution in [0.15, 0.2) is 24.3 Å². The zero-order valence-electron chi connectivity index (χ0n) is 10.3. The molecule has 0 heterocycles. The standard InChI is InChI=1S/C15H17IO2/c16-11-6-2-3-7-12(11)18-14-10-13(17)15(14)8-4-1-5-9-15/h2-3,6-7,14H,1,4-5,8-10H2. The topological polar surface area (TPSA) is 26.3 Å². The van der Waals surface area contributed by atoms with Gasteiger partial charge in [-0.2, -0.15) is 0 Å². The van der Waals surface area contributed by atoms with Gasteiger partial charge in [-0.3, -0.25) is 4.79 Å². The number of hydrogen-bond acceptors (Lipinski definition) is 2. The Morgan fingerprint density at radius 3 is 2.56 bits per heavy atom. The molecule has 0 amide bonds. The molecule has 2 aliphatic rings. The molecule has 0 aliphatic heterocycles. The predicted molar refractivity (Wildman–Crippen MR) is 78.7 cm³/mol. The number of Topliss-reactive ketones (excluding diaryl/α,β-unsaturated/α-hetero) is 1. The number of hydrogen-bond donors (Lipinski definition) is 0. The summed E-state index contributed by atoms with van der Waals surface area (Å²) in [4.78, 5) is 12.0. The maximum absolute atomic E-state index is 12.0. The van der Waals surface area contributed by atoms with Crippen LogP contribution in [0.25, 0.3) is 0 Å². The Labute approximate surface area is 121 Å². The van der Waals surface area contributed by atoms with E-state index in [0.717, 1.165) is 22.2 Å². The van der Waals surface area contributed by atoms with E-state index in [9.17, 15) is 4.79 Å². The fraction of sp³-hybridized carbons (Fsp3) is 0.533. The van der Waals surface area contributed by atoms with E-state index in [1.54, 1.807) is 0 Å². The number of carbonyl (C=O) groups is 1. The fourth-order valence-electron chi connectivity index (χ4n) is 3.25. The van der Waals surface area contributed by atoms with Crippen molar-refractivity contribution >= 4 is 28.4 Å². The van der Waals surface area contributed by atoms with Gasteiger partial charge >= 0.3 is 0 Å². The molecule has 3 rings (SSSR count). The van der Waals surface area contributed by atoms with Crippen molar-refractivity contribution in [1.82, 2.24) is 0 Å². The van der Waals surface area contributed by atoms with E-state index >= 15 is 0 Å². The van der Waals surface area contributed by atoms with Crippen LogP contribution in [-0.4, -0.2) is 11.9 Å². The van der Waals surface area contributed by atoms with Crippen LogP contribution < -0.4 is 4.74 Å². The highest BCUT2D eigenvalue weighted by Crippen LogP contribution is 2.50. The molecule has 0 N–H and O–H groups in total. The van der Waals surface area contributed by atoms with E-state index in [1.807, 2.05) is 24.3 Å². The van der Waals surface area contributed by atoms with Gasteiger partial charge in [0, 0.05) is 6.42 Å². The van der Waals surface area contributed by atoms with Crippen LogP contribution in [0, 0.1) is 8.99 Å². The molecule has 1 aromatic carbocycles. The lowest BCUT2D eigenvalue weighted by Crippen LogP contribution is -2.57. The maximum Gasteiger partial charge on any atom is 0.146 e. The van der Waals surface area contributed by atoms with Crippen molar-refractivity contribution in [3.63, 3.8) is 0 Å². The third-order valence-corrected chi connectivity index (χ3v) is 5.29. The highest BCUT2D eigenvalue weighted by atomic mass is 127. The summed E-state index contributed by atoms with van der Waals surface area (Å²) in [6.07, 6.45) is 6.39. The number of carbonyl (C=O) groups excluding carboxylic acids is 1. The van der Waals surface area contributed by atoms with Crippen LogP contribution in [0.1, 0.15) is 38.5 Å². The summed E-state index contributed by atoms with van der Waals surface area (Å²) >= 11 is 2.29. The molecule has 1 unspecified atom stereocenters. The third kappa shape index (κ3) is 1.96. The zero-order valence-corrected chi connectivity index (χ0v) is 12.5. The summed E-state index contributed by atoms with van der Waals surface area (Å²) in [6.45, 7) is 0. The van der Waals surface area contributed by atoms with E-state index in [2.05, 4.69) is 22.6 Å². The molecule has 1 aromatic rings. The molecule has 18 heavy (non-hydrogen) atoms. The van der Waals surface area contributed by atoms with Crippen molar-refractivity contribution in [1.29, 1.82) is 0 Å². The maximum atomic E-state index is 12.0. The van der Waals surface area contributed by atoms with Crippen LogP contribution in [0.5, 0.6) is 5.75 Å². The first-order chi connectivity index (χ1) is 8.72. The lowest BCUT2D eigenvalue weighted by molar-refractivity contribution is -0.156. The summed E-state index contributed by atoms with van der Waals surface area (Å²) in [5.41, 5.74) is -0.142. The Morgan fingerprint density at radius 1 is 1.17 bits per heavy atom. The Kier molecular flexibility index (Phi) is 3.34. The normalized spacial score (nSPS) is 25.8. The predicted octanol–water partition coefficient (Wildman–Crippen LogP) is 3.96. The van der Waals surface area contributed by atoms with Gasteiger partial charge in [-0.15, -0.1) is 0 Å². The van der Waals surface area contributed by atoms with Gasteiger partial charge in [0.1, 0.15) is 17.6 Å². The highest BCUT2D eigenvalue weighted by molar-refractivity contribution is 14.1. The monoisotopic (exact) mass is 356 g/mol. The van der Waals surface area contributed by atoms with E-state index in [0.29, 0.717) is 12.2 Å². The Hall–Kier alpha value is -0.580. The highest BCUT2D eigenvalue weighted by Gasteiger charge is 2.56. The first-order valence-corrected chi connectivity index (χ1v) is 7.75. The molecular weight excluding hydrogens is 339 g/mol. The minimum atomic E-state index is -0.142. The SMILES string of the molecule is O=C1CC(Oc2ccccc2I)C12CCCCC2. The van der Waals surface area contributed by atoms with Crippen LogP contribution in [0.4, 0.5) is 0 Å². The molecule has 0 bridgehead atoms.